The number of hydrogen-bond acceptors (Lipinski definition) is 5. The molecular formula is C21H28N5O+. The van der Waals surface area contributed by atoms with Crippen molar-refractivity contribution in [2.24, 2.45) is 5.92 Å². The number of furan rings is 1. The Morgan fingerprint density at radius 1 is 1.11 bits per heavy atom. The lowest BCUT2D eigenvalue weighted by Gasteiger charge is -2.25. The van der Waals surface area contributed by atoms with Crippen LogP contribution in [0.3, 0.4) is 0 Å². The van der Waals surface area contributed by atoms with E-state index in [0.29, 0.717) is 5.92 Å². The second kappa shape index (κ2) is 6.75. The topological polar surface area (TPSA) is 71.7 Å². The van der Waals surface area contributed by atoms with Gasteiger partial charge in [-0.3, -0.25) is 0 Å². The van der Waals surface area contributed by atoms with Gasteiger partial charge in [0.15, 0.2) is 11.4 Å². The number of piperazine rings is 1. The molecule has 1 fully saturated rings. The van der Waals surface area contributed by atoms with Crippen LogP contribution in [0.15, 0.2) is 10.7 Å². The van der Waals surface area contributed by atoms with Crippen LogP contribution in [-0.2, 0) is 19.3 Å². The average Bonchev–Trinajstić information content (AvgIpc) is 3.07. The number of anilines is 1. The van der Waals surface area contributed by atoms with Gasteiger partial charge in [0.25, 0.3) is 0 Å². The summed E-state index contributed by atoms with van der Waals surface area (Å²) in [5, 5.41) is 3.49. The summed E-state index contributed by atoms with van der Waals surface area (Å²) in [4.78, 5) is 16.6. The minimum atomic E-state index is 0.588. The molecule has 27 heavy (non-hydrogen) atoms. The predicted molar refractivity (Wildman–Crippen MR) is 106 cm³/mol. The summed E-state index contributed by atoms with van der Waals surface area (Å²) in [7, 11) is 0. The summed E-state index contributed by atoms with van der Waals surface area (Å²) in [6.45, 7) is 8.70. The fraction of sp³-hybridized carbons (Fsp3) is 0.571. The molecule has 0 unspecified atom stereocenters. The molecule has 5 rings (SSSR count). The molecule has 0 spiro atoms. The van der Waals surface area contributed by atoms with E-state index in [-0.39, 0.29) is 0 Å². The molecule has 6 nitrogen and oxygen atoms in total. The Balaban J connectivity index is 1.74. The summed E-state index contributed by atoms with van der Waals surface area (Å²) < 4.78 is 6.34. The second-order valence-electron chi connectivity index (χ2n) is 8.33. The van der Waals surface area contributed by atoms with Gasteiger partial charge < -0.3 is 14.6 Å². The van der Waals surface area contributed by atoms with Gasteiger partial charge in [0.05, 0.1) is 31.6 Å². The first-order valence-corrected chi connectivity index (χ1v) is 10.4. The third-order valence-electron chi connectivity index (χ3n) is 5.90. The standard InChI is InChI=1S/C21H27N5O/c1-13(2)11-16-14-5-3-4-6-15(14)17-18-19(27-21(17)25-16)20(24-12-23-18)26-9-7-22-8-10-26/h12-13,22H,3-11H2,1-2H3/p+1. The van der Waals surface area contributed by atoms with Gasteiger partial charge in [0.1, 0.15) is 11.8 Å². The molecular weight excluding hydrogens is 338 g/mol. The van der Waals surface area contributed by atoms with E-state index in [0.717, 1.165) is 73.5 Å². The van der Waals surface area contributed by atoms with Crippen LogP contribution in [0.25, 0.3) is 22.2 Å². The second-order valence-corrected chi connectivity index (χ2v) is 8.33. The monoisotopic (exact) mass is 366 g/mol. The van der Waals surface area contributed by atoms with Crippen molar-refractivity contribution in [3.05, 3.63) is 23.1 Å². The fourth-order valence-corrected chi connectivity index (χ4v) is 4.67. The van der Waals surface area contributed by atoms with Crippen LogP contribution in [0.1, 0.15) is 43.5 Å². The van der Waals surface area contributed by atoms with E-state index in [1.165, 1.54) is 29.7 Å². The molecule has 0 bridgehead atoms. The maximum Gasteiger partial charge on any atom is 0.229 e. The number of nitrogens with zero attached hydrogens (tertiary/aromatic N) is 4. The number of aryl methyl sites for hydroxylation is 1. The van der Waals surface area contributed by atoms with Crippen molar-refractivity contribution in [1.29, 1.82) is 0 Å². The summed E-state index contributed by atoms with van der Waals surface area (Å²) in [5.41, 5.74) is 6.64. The molecule has 0 aromatic carbocycles. The summed E-state index contributed by atoms with van der Waals surface area (Å²) >= 11 is 0. The minimum Gasteiger partial charge on any atom is -0.432 e. The van der Waals surface area contributed by atoms with Gasteiger partial charge in [-0.1, -0.05) is 13.8 Å². The lowest BCUT2D eigenvalue weighted by atomic mass is 9.87. The molecule has 3 aromatic rings. The van der Waals surface area contributed by atoms with Crippen molar-refractivity contribution in [3.8, 4) is 0 Å². The van der Waals surface area contributed by atoms with Crippen LogP contribution < -0.4 is 10.2 Å². The van der Waals surface area contributed by atoms with Gasteiger partial charge in [0, 0.05) is 5.69 Å². The Labute approximate surface area is 159 Å². The van der Waals surface area contributed by atoms with E-state index in [2.05, 4.69) is 34.0 Å². The molecule has 2 N–H and O–H groups in total. The average molecular weight is 366 g/mol. The van der Waals surface area contributed by atoms with E-state index in [9.17, 15) is 0 Å². The molecule has 1 aliphatic heterocycles. The SMILES string of the molecule is CC(C)Cc1nc2oc3c(N4CC[NH2+]CC4)ncnc3c2c2c1CCCC2. The van der Waals surface area contributed by atoms with Gasteiger partial charge in [-0.25, -0.2) is 15.0 Å². The lowest BCUT2D eigenvalue weighted by Crippen LogP contribution is -2.89. The zero-order chi connectivity index (χ0) is 18.4. The Hall–Kier alpha value is -2.21. The van der Waals surface area contributed by atoms with E-state index < -0.39 is 0 Å². The van der Waals surface area contributed by atoms with Crippen molar-refractivity contribution < 1.29 is 9.73 Å². The molecule has 1 saturated heterocycles. The third-order valence-corrected chi connectivity index (χ3v) is 5.90. The number of rotatable bonds is 3. The molecule has 0 saturated carbocycles. The quantitative estimate of drug-likeness (QED) is 0.770. The zero-order valence-electron chi connectivity index (χ0n) is 16.3. The zero-order valence-corrected chi connectivity index (χ0v) is 16.3. The highest BCUT2D eigenvalue weighted by Crippen LogP contribution is 2.38. The van der Waals surface area contributed by atoms with E-state index in [4.69, 9.17) is 9.40 Å². The van der Waals surface area contributed by atoms with Crippen LogP contribution in [-0.4, -0.2) is 41.1 Å². The van der Waals surface area contributed by atoms with Crippen molar-refractivity contribution in [2.45, 2.75) is 46.0 Å². The lowest BCUT2D eigenvalue weighted by molar-refractivity contribution is -0.655. The molecule has 1 aliphatic carbocycles. The molecule has 0 amide bonds. The van der Waals surface area contributed by atoms with E-state index in [1.807, 2.05) is 0 Å². The summed E-state index contributed by atoms with van der Waals surface area (Å²) in [6.07, 6.45) is 7.43. The molecule has 4 heterocycles. The van der Waals surface area contributed by atoms with Crippen LogP contribution in [0, 0.1) is 5.92 Å². The first-order chi connectivity index (χ1) is 13.2. The number of pyridine rings is 1. The maximum absolute atomic E-state index is 6.34. The number of nitrogens with two attached hydrogens (primary N) is 1. The fourth-order valence-electron chi connectivity index (χ4n) is 4.67. The third kappa shape index (κ3) is 2.87. The van der Waals surface area contributed by atoms with Gasteiger partial charge in [-0.05, 0) is 49.1 Å². The van der Waals surface area contributed by atoms with Gasteiger partial charge >= 0.3 is 0 Å². The summed E-state index contributed by atoms with van der Waals surface area (Å²) in [5.74, 6) is 1.52. The van der Waals surface area contributed by atoms with Crippen molar-refractivity contribution in [1.82, 2.24) is 15.0 Å². The van der Waals surface area contributed by atoms with Crippen LogP contribution >= 0.6 is 0 Å². The smallest absolute Gasteiger partial charge is 0.229 e. The van der Waals surface area contributed by atoms with Crippen LogP contribution in [0.2, 0.25) is 0 Å². The number of hydrogen-bond donors (Lipinski definition) is 1. The molecule has 142 valence electrons. The highest BCUT2D eigenvalue weighted by Gasteiger charge is 2.26. The number of fused-ring (bicyclic) bond motifs is 5. The Morgan fingerprint density at radius 2 is 1.89 bits per heavy atom. The normalized spacial score (nSPS) is 17.8. The minimum absolute atomic E-state index is 0.588. The van der Waals surface area contributed by atoms with E-state index in [1.54, 1.807) is 6.33 Å². The molecule has 2 aliphatic rings. The number of quaternary nitrogens is 1. The van der Waals surface area contributed by atoms with Gasteiger partial charge in [-0.15, -0.1) is 0 Å². The molecule has 0 radical (unpaired) electrons. The van der Waals surface area contributed by atoms with Crippen LogP contribution in [0.4, 0.5) is 5.82 Å². The highest BCUT2D eigenvalue weighted by atomic mass is 16.3. The number of aromatic nitrogens is 3. The Morgan fingerprint density at radius 3 is 2.67 bits per heavy atom. The summed E-state index contributed by atoms with van der Waals surface area (Å²) in [6, 6.07) is 0. The first kappa shape index (κ1) is 16.9. The van der Waals surface area contributed by atoms with Gasteiger partial charge in [-0.2, -0.15) is 0 Å². The Kier molecular flexibility index (Phi) is 4.23. The van der Waals surface area contributed by atoms with E-state index >= 15 is 0 Å². The molecule has 3 aromatic heterocycles. The highest BCUT2D eigenvalue weighted by molar-refractivity contribution is 6.06. The van der Waals surface area contributed by atoms with Crippen molar-refractivity contribution >= 4 is 28.0 Å². The molecule has 6 heteroatoms. The van der Waals surface area contributed by atoms with Crippen molar-refractivity contribution in [2.75, 3.05) is 31.1 Å². The maximum atomic E-state index is 6.34. The van der Waals surface area contributed by atoms with Crippen LogP contribution in [0.5, 0.6) is 0 Å². The predicted octanol–water partition coefficient (Wildman–Crippen LogP) is 2.23. The largest absolute Gasteiger partial charge is 0.432 e. The van der Waals surface area contributed by atoms with Gasteiger partial charge in [0.2, 0.25) is 5.71 Å². The van der Waals surface area contributed by atoms with Crippen molar-refractivity contribution in [3.63, 3.8) is 0 Å². The Bertz CT molecular complexity index is 987. The first-order valence-electron chi connectivity index (χ1n) is 10.4. The molecule has 0 atom stereocenters.